The lowest BCUT2D eigenvalue weighted by atomic mass is 10.0. The van der Waals surface area contributed by atoms with Gasteiger partial charge in [-0.3, -0.25) is 9.69 Å². The van der Waals surface area contributed by atoms with Gasteiger partial charge in [0.1, 0.15) is 11.6 Å². The molecule has 4 nitrogen and oxygen atoms in total. The molecule has 28 heavy (non-hydrogen) atoms. The van der Waals surface area contributed by atoms with Gasteiger partial charge in [-0.25, -0.2) is 9.37 Å². The number of anilines is 1. The average Bonchev–Trinajstić information content (AvgIpc) is 3.31. The molecule has 0 fully saturated rings. The maximum atomic E-state index is 13.6. The molecule has 0 saturated carbocycles. The fraction of sp³-hybridized carbons (Fsp3) is 0.182. The third-order valence-electron chi connectivity index (χ3n) is 4.61. The molecule has 6 heteroatoms. The molecule has 0 N–H and O–H groups in total. The van der Waals surface area contributed by atoms with Crippen molar-refractivity contribution in [2.75, 3.05) is 4.90 Å². The zero-order valence-electron chi connectivity index (χ0n) is 15.6. The summed E-state index contributed by atoms with van der Waals surface area (Å²) in [5.41, 5.74) is 3.84. The number of benzene rings is 2. The van der Waals surface area contributed by atoms with Gasteiger partial charge in [0.15, 0.2) is 5.13 Å². The summed E-state index contributed by atoms with van der Waals surface area (Å²) < 4.78 is 19.7. The Hall–Kier alpha value is -2.99. The average molecular weight is 394 g/mol. The molecule has 0 spiro atoms. The molecule has 4 aromatic rings. The van der Waals surface area contributed by atoms with Crippen molar-refractivity contribution in [3.8, 4) is 0 Å². The van der Waals surface area contributed by atoms with E-state index in [1.807, 2.05) is 38.1 Å². The van der Waals surface area contributed by atoms with Crippen molar-refractivity contribution in [3.05, 3.63) is 83.1 Å². The summed E-state index contributed by atoms with van der Waals surface area (Å²) in [5.74, 6) is 0.270. The number of rotatable bonds is 5. The van der Waals surface area contributed by atoms with Gasteiger partial charge in [-0.2, -0.15) is 0 Å². The van der Waals surface area contributed by atoms with E-state index in [1.54, 1.807) is 23.3 Å². The number of halogens is 1. The Labute approximate surface area is 166 Å². The van der Waals surface area contributed by atoms with E-state index in [-0.39, 0.29) is 24.7 Å². The Morgan fingerprint density at radius 2 is 2.04 bits per heavy atom. The predicted octanol–water partition coefficient (Wildman–Crippen LogP) is 5.42. The summed E-state index contributed by atoms with van der Waals surface area (Å²) in [5, 5.41) is 0.535. The lowest BCUT2D eigenvalue weighted by Gasteiger charge is -2.19. The molecule has 0 bridgehead atoms. The Morgan fingerprint density at radius 3 is 2.82 bits per heavy atom. The van der Waals surface area contributed by atoms with Crippen molar-refractivity contribution in [1.29, 1.82) is 0 Å². The molecular weight excluding hydrogens is 375 g/mol. The SMILES string of the molecule is Cc1ccc(C)c(CC(=O)N(Cc2ccco2)c2nc3ccc(F)cc3s2)c1. The molecule has 0 aliphatic rings. The number of aromatic nitrogens is 1. The second-order valence-corrected chi connectivity index (χ2v) is 7.78. The molecule has 2 heterocycles. The number of hydrogen-bond donors (Lipinski definition) is 0. The van der Waals surface area contributed by atoms with E-state index in [4.69, 9.17) is 4.42 Å². The first-order chi connectivity index (χ1) is 13.5. The number of furan rings is 1. The smallest absolute Gasteiger partial charge is 0.233 e. The van der Waals surface area contributed by atoms with Crippen LogP contribution in [0.4, 0.5) is 9.52 Å². The van der Waals surface area contributed by atoms with Crippen LogP contribution in [0.3, 0.4) is 0 Å². The Morgan fingerprint density at radius 1 is 1.18 bits per heavy atom. The predicted molar refractivity (Wildman–Crippen MR) is 109 cm³/mol. The van der Waals surface area contributed by atoms with Crippen LogP contribution in [0.1, 0.15) is 22.5 Å². The van der Waals surface area contributed by atoms with E-state index in [0.717, 1.165) is 16.7 Å². The number of fused-ring (bicyclic) bond motifs is 1. The molecule has 4 rings (SSSR count). The Balaban J connectivity index is 1.69. The number of hydrogen-bond acceptors (Lipinski definition) is 4. The number of carbonyl (C=O) groups is 1. The first kappa shape index (κ1) is 18.4. The van der Waals surface area contributed by atoms with E-state index in [9.17, 15) is 9.18 Å². The topological polar surface area (TPSA) is 46.3 Å². The summed E-state index contributed by atoms with van der Waals surface area (Å²) in [4.78, 5) is 19.4. The van der Waals surface area contributed by atoms with Crippen molar-refractivity contribution in [3.63, 3.8) is 0 Å². The number of amides is 1. The summed E-state index contributed by atoms with van der Waals surface area (Å²) in [6, 6.07) is 14.2. The number of carbonyl (C=O) groups excluding carboxylic acids is 1. The van der Waals surface area contributed by atoms with Crippen LogP contribution in [0.25, 0.3) is 10.2 Å². The number of nitrogens with zero attached hydrogens (tertiary/aromatic N) is 2. The third kappa shape index (κ3) is 3.82. The van der Waals surface area contributed by atoms with E-state index in [1.165, 1.54) is 23.5 Å². The van der Waals surface area contributed by atoms with Gasteiger partial charge in [-0.1, -0.05) is 35.1 Å². The van der Waals surface area contributed by atoms with E-state index in [0.29, 0.717) is 21.1 Å². The second-order valence-electron chi connectivity index (χ2n) is 6.77. The van der Waals surface area contributed by atoms with Gasteiger partial charge in [-0.15, -0.1) is 0 Å². The second kappa shape index (κ2) is 7.56. The minimum atomic E-state index is -0.318. The van der Waals surface area contributed by atoms with Crippen molar-refractivity contribution in [2.24, 2.45) is 0 Å². The van der Waals surface area contributed by atoms with Gasteiger partial charge in [-0.05, 0) is 55.3 Å². The van der Waals surface area contributed by atoms with Crippen LogP contribution < -0.4 is 4.90 Å². The summed E-state index contributed by atoms with van der Waals surface area (Å²) >= 11 is 1.30. The van der Waals surface area contributed by atoms with Crippen LogP contribution in [0.15, 0.2) is 59.2 Å². The Bertz CT molecular complexity index is 1130. The molecule has 1 amide bonds. The monoisotopic (exact) mass is 394 g/mol. The van der Waals surface area contributed by atoms with E-state index in [2.05, 4.69) is 4.98 Å². The van der Waals surface area contributed by atoms with E-state index >= 15 is 0 Å². The number of thiazole rings is 1. The molecule has 142 valence electrons. The minimum Gasteiger partial charge on any atom is -0.467 e. The minimum absolute atomic E-state index is 0.0790. The fourth-order valence-electron chi connectivity index (χ4n) is 3.07. The third-order valence-corrected chi connectivity index (χ3v) is 5.65. The van der Waals surface area contributed by atoms with Crippen molar-refractivity contribution >= 4 is 32.6 Å². The van der Waals surface area contributed by atoms with Gasteiger partial charge in [0, 0.05) is 0 Å². The molecule has 0 aliphatic carbocycles. The first-order valence-corrected chi connectivity index (χ1v) is 9.76. The van der Waals surface area contributed by atoms with Crippen molar-refractivity contribution < 1.29 is 13.6 Å². The molecule has 0 atom stereocenters. The van der Waals surface area contributed by atoms with E-state index < -0.39 is 0 Å². The molecule has 0 saturated heterocycles. The van der Waals surface area contributed by atoms with Crippen LogP contribution in [-0.2, 0) is 17.8 Å². The van der Waals surface area contributed by atoms with Crippen molar-refractivity contribution in [1.82, 2.24) is 4.98 Å². The largest absolute Gasteiger partial charge is 0.467 e. The van der Waals surface area contributed by atoms with Crippen LogP contribution in [-0.4, -0.2) is 10.9 Å². The maximum absolute atomic E-state index is 13.6. The number of aryl methyl sites for hydroxylation is 2. The van der Waals surface area contributed by atoms with Crippen LogP contribution >= 0.6 is 11.3 Å². The maximum Gasteiger partial charge on any atom is 0.233 e. The summed E-state index contributed by atoms with van der Waals surface area (Å²) in [6.45, 7) is 4.29. The highest BCUT2D eigenvalue weighted by molar-refractivity contribution is 7.22. The van der Waals surface area contributed by atoms with Crippen LogP contribution in [0, 0.1) is 19.7 Å². The van der Waals surface area contributed by atoms with Gasteiger partial charge < -0.3 is 4.42 Å². The quantitative estimate of drug-likeness (QED) is 0.454. The van der Waals surface area contributed by atoms with Crippen LogP contribution in [0.2, 0.25) is 0 Å². The lowest BCUT2D eigenvalue weighted by molar-refractivity contribution is -0.118. The van der Waals surface area contributed by atoms with Gasteiger partial charge in [0.05, 0.1) is 29.4 Å². The molecule has 0 unspecified atom stereocenters. The molecule has 2 aromatic carbocycles. The van der Waals surface area contributed by atoms with Gasteiger partial charge >= 0.3 is 0 Å². The highest BCUT2D eigenvalue weighted by atomic mass is 32.1. The van der Waals surface area contributed by atoms with Crippen molar-refractivity contribution in [2.45, 2.75) is 26.8 Å². The highest BCUT2D eigenvalue weighted by Gasteiger charge is 2.22. The highest BCUT2D eigenvalue weighted by Crippen LogP contribution is 2.31. The molecule has 2 aromatic heterocycles. The summed E-state index contributed by atoms with van der Waals surface area (Å²) in [6.07, 6.45) is 1.84. The standard InChI is InChI=1S/C22H19FN2O2S/c1-14-5-6-15(2)16(10-14)11-21(26)25(13-18-4-3-9-27-18)22-24-19-8-7-17(23)12-20(19)28-22/h3-10,12H,11,13H2,1-2H3. The lowest BCUT2D eigenvalue weighted by Crippen LogP contribution is -2.31. The normalized spacial score (nSPS) is 11.1. The first-order valence-electron chi connectivity index (χ1n) is 8.94. The van der Waals surface area contributed by atoms with Gasteiger partial charge in [0.25, 0.3) is 0 Å². The fourth-order valence-corrected chi connectivity index (χ4v) is 4.08. The molecular formula is C22H19FN2O2S. The Kier molecular flexibility index (Phi) is 4.96. The zero-order chi connectivity index (χ0) is 19.7. The summed E-state index contributed by atoms with van der Waals surface area (Å²) in [7, 11) is 0. The zero-order valence-corrected chi connectivity index (χ0v) is 16.4. The van der Waals surface area contributed by atoms with Gasteiger partial charge in [0.2, 0.25) is 5.91 Å². The van der Waals surface area contributed by atoms with Crippen LogP contribution in [0.5, 0.6) is 0 Å². The molecule has 0 radical (unpaired) electrons. The molecule has 0 aliphatic heterocycles.